The van der Waals surface area contributed by atoms with Gasteiger partial charge in [-0.05, 0) is 19.8 Å². The van der Waals surface area contributed by atoms with Gasteiger partial charge in [0.25, 0.3) is 5.56 Å². The summed E-state index contributed by atoms with van der Waals surface area (Å²) in [5.41, 5.74) is 0.531. The van der Waals surface area contributed by atoms with Gasteiger partial charge in [-0.2, -0.15) is 5.59 Å². The van der Waals surface area contributed by atoms with Gasteiger partial charge in [-0.15, -0.1) is 4.68 Å². The van der Waals surface area contributed by atoms with E-state index in [2.05, 4.69) is 0 Å². The highest BCUT2D eigenvalue weighted by molar-refractivity contribution is 5.04. The van der Waals surface area contributed by atoms with Crippen molar-refractivity contribution in [3.05, 3.63) is 32.6 Å². The molecule has 1 aromatic rings. The third kappa shape index (κ3) is 2.05. The molecule has 0 aliphatic carbocycles. The summed E-state index contributed by atoms with van der Waals surface area (Å²) >= 11 is 0. The lowest BCUT2D eigenvalue weighted by Gasteiger charge is -2.16. The summed E-state index contributed by atoms with van der Waals surface area (Å²) in [5.74, 6) is 0. The Kier molecular flexibility index (Phi) is 3.50. The second-order valence-electron chi connectivity index (χ2n) is 4.22. The average molecular weight is 257 g/mol. The van der Waals surface area contributed by atoms with Crippen molar-refractivity contribution in [3.8, 4) is 0 Å². The Bertz CT molecular complexity index is 549. The molecule has 1 fully saturated rings. The zero-order chi connectivity index (χ0) is 13.3. The summed E-state index contributed by atoms with van der Waals surface area (Å²) in [6.07, 6.45) is 1.76. The molecule has 3 N–H and O–H groups in total. The van der Waals surface area contributed by atoms with E-state index in [4.69, 9.17) is 15.1 Å². The number of aliphatic hydroxyl groups excluding tert-OH is 1. The normalized spacial score (nSPS) is 23.3. The molecular weight excluding hydrogens is 242 g/mol. The summed E-state index contributed by atoms with van der Waals surface area (Å²) in [4.78, 5) is 23.5. The maximum atomic E-state index is 11.9. The minimum Gasteiger partial charge on any atom is -0.394 e. The number of nitrogens with one attached hydrogen (secondary N) is 1. The molecule has 0 saturated carbocycles. The first-order chi connectivity index (χ1) is 8.58. The summed E-state index contributed by atoms with van der Waals surface area (Å²) < 4.78 is 7.20. The van der Waals surface area contributed by atoms with Crippen molar-refractivity contribution in [2.24, 2.45) is 0 Å². The van der Waals surface area contributed by atoms with E-state index in [1.807, 2.05) is 0 Å². The van der Waals surface area contributed by atoms with E-state index in [1.165, 1.54) is 17.7 Å². The van der Waals surface area contributed by atoms with Crippen molar-refractivity contribution in [2.75, 3.05) is 12.2 Å². The molecular formula is C10H15N3O5. The number of rotatable bonds is 3. The lowest BCUT2D eigenvalue weighted by atomic mass is 10.2. The van der Waals surface area contributed by atoms with Gasteiger partial charge < -0.3 is 9.84 Å². The van der Waals surface area contributed by atoms with Gasteiger partial charge in [0.2, 0.25) is 0 Å². The molecule has 1 aliphatic heterocycles. The fraction of sp³-hybridized carbons (Fsp3) is 0.600. The van der Waals surface area contributed by atoms with Crippen LogP contribution in [0.15, 0.2) is 15.8 Å². The fourth-order valence-corrected chi connectivity index (χ4v) is 2.02. The van der Waals surface area contributed by atoms with Crippen LogP contribution in [-0.4, -0.2) is 32.3 Å². The molecule has 0 bridgehead atoms. The van der Waals surface area contributed by atoms with Crippen LogP contribution in [0, 0.1) is 6.92 Å². The highest BCUT2D eigenvalue weighted by Gasteiger charge is 2.27. The lowest BCUT2D eigenvalue weighted by molar-refractivity contribution is -0.0254. The zero-order valence-corrected chi connectivity index (χ0v) is 9.87. The molecule has 1 saturated heterocycles. The topological polar surface area (TPSA) is 106 Å². The average Bonchev–Trinajstić information content (AvgIpc) is 2.83. The molecule has 18 heavy (non-hydrogen) atoms. The predicted molar refractivity (Wildman–Crippen MR) is 61.1 cm³/mol. The van der Waals surface area contributed by atoms with Crippen LogP contribution < -0.4 is 16.8 Å². The Morgan fingerprint density at radius 2 is 2.22 bits per heavy atom. The van der Waals surface area contributed by atoms with Crippen LogP contribution in [-0.2, 0) is 4.74 Å². The molecule has 2 atom stereocenters. The van der Waals surface area contributed by atoms with E-state index in [-0.39, 0.29) is 12.7 Å². The van der Waals surface area contributed by atoms with E-state index >= 15 is 0 Å². The molecule has 0 radical (unpaired) electrons. The monoisotopic (exact) mass is 257 g/mol. The molecule has 2 heterocycles. The van der Waals surface area contributed by atoms with Crippen LogP contribution in [0.3, 0.4) is 0 Å². The molecule has 0 amide bonds. The standard InChI is InChI=1S/C10H15N3O5/c1-6-4-12(8-3-2-7(5-14)18-8)10(16)13(11-17)9(6)15/h4,7-8,11,14,17H,2-3,5H2,1H3/t7-,8+/m0/s1. The predicted octanol–water partition coefficient (Wildman–Crippen LogP) is -1.08. The number of ether oxygens (including phenoxy) is 1. The van der Waals surface area contributed by atoms with Crippen molar-refractivity contribution >= 4 is 0 Å². The SMILES string of the molecule is Cc1cn([C@H]2CC[C@@H](CO)O2)c(=O)n(NO)c1=O. The van der Waals surface area contributed by atoms with Crippen LogP contribution in [0.25, 0.3) is 0 Å². The third-order valence-corrected chi connectivity index (χ3v) is 2.98. The molecule has 100 valence electrons. The molecule has 1 aromatic heterocycles. The number of aromatic nitrogens is 2. The van der Waals surface area contributed by atoms with Gasteiger partial charge in [-0.25, -0.2) is 4.79 Å². The second kappa shape index (κ2) is 4.92. The van der Waals surface area contributed by atoms with Gasteiger partial charge in [-0.3, -0.25) is 14.6 Å². The van der Waals surface area contributed by atoms with Crippen LogP contribution >= 0.6 is 0 Å². The van der Waals surface area contributed by atoms with Crippen LogP contribution in [0.4, 0.5) is 0 Å². The summed E-state index contributed by atoms with van der Waals surface area (Å²) in [6.45, 7) is 1.42. The number of aliphatic hydroxyl groups is 1. The van der Waals surface area contributed by atoms with E-state index in [9.17, 15) is 9.59 Å². The Labute approximate surface area is 102 Å². The first kappa shape index (κ1) is 12.8. The van der Waals surface area contributed by atoms with Gasteiger partial charge in [-0.1, -0.05) is 0 Å². The number of hydrogen-bond donors (Lipinski definition) is 3. The van der Waals surface area contributed by atoms with Crippen LogP contribution in [0.2, 0.25) is 0 Å². The fourth-order valence-electron chi connectivity index (χ4n) is 2.02. The van der Waals surface area contributed by atoms with E-state index < -0.39 is 17.5 Å². The Balaban J connectivity index is 2.44. The molecule has 0 unspecified atom stereocenters. The summed E-state index contributed by atoms with van der Waals surface area (Å²) in [7, 11) is 0. The highest BCUT2D eigenvalue weighted by Crippen LogP contribution is 2.26. The molecule has 1 aliphatic rings. The maximum absolute atomic E-state index is 11.9. The molecule has 8 nitrogen and oxygen atoms in total. The van der Waals surface area contributed by atoms with Crippen molar-refractivity contribution in [1.29, 1.82) is 0 Å². The van der Waals surface area contributed by atoms with Gasteiger partial charge in [0.1, 0.15) is 6.23 Å². The second-order valence-corrected chi connectivity index (χ2v) is 4.22. The van der Waals surface area contributed by atoms with Gasteiger partial charge >= 0.3 is 5.69 Å². The van der Waals surface area contributed by atoms with Crippen molar-refractivity contribution < 1.29 is 15.1 Å². The molecule has 2 rings (SSSR count). The quantitative estimate of drug-likeness (QED) is 0.595. The van der Waals surface area contributed by atoms with Crippen LogP contribution in [0.5, 0.6) is 0 Å². The Morgan fingerprint density at radius 3 is 2.78 bits per heavy atom. The van der Waals surface area contributed by atoms with Gasteiger partial charge in [0, 0.05) is 11.8 Å². The zero-order valence-electron chi connectivity index (χ0n) is 9.87. The lowest BCUT2D eigenvalue weighted by Crippen LogP contribution is -2.45. The number of hydrogen-bond acceptors (Lipinski definition) is 6. The first-order valence-electron chi connectivity index (χ1n) is 5.59. The smallest absolute Gasteiger partial charge is 0.353 e. The largest absolute Gasteiger partial charge is 0.394 e. The van der Waals surface area contributed by atoms with Crippen molar-refractivity contribution in [2.45, 2.75) is 32.1 Å². The van der Waals surface area contributed by atoms with Crippen LogP contribution in [0.1, 0.15) is 24.6 Å². The van der Waals surface area contributed by atoms with Gasteiger partial charge in [0.15, 0.2) is 0 Å². The summed E-state index contributed by atoms with van der Waals surface area (Å²) in [5, 5.41) is 17.8. The minimum absolute atomic E-state index is 0.109. The van der Waals surface area contributed by atoms with E-state index in [0.29, 0.717) is 23.1 Å². The maximum Gasteiger partial charge on any atom is 0.353 e. The minimum atomic E-state index is -0.711. The van der Waals surface area contributed by atoms with Crippen molar-refractivity contribution in [1.82, 2.24) is 9.24 Å². The number of nitrogens with zero attached hydrogens (tertiary/aromatic N) is 2. The summed E-state index contributed by atoms with van der Waals surface area (Å²) in [6, 6.07) is 0. The number of aryl methyl sites for hydroxylation is 1. The first-order valence-corrected chi connectivity index (χ1v) is 5.59. The molecule has 8 heteroatoms. The Hall–Kier alpha value is -1.64. The third-order valence-electron chi connectivity index (χ3n) is 2.98. The van der Waals surface area contributed by atoms with Gasteiger partial charge in [0.05, 0.1) is 12.7 Å². The van der Waals surface area contributed by atoms with Crippen molar-refractivity contribution in [3.63, 3.8) is 0 Å². The van der Waals surface area contributed by atoms with E-state index in [0.717, 1.165) is 0 Å². The van der Waals surface area contributed by atoms with E-state index in [1.54, 1.807) is 5.59 Å². The molecule has 0 aromatic carbocycles. The molecule has 0 spiro atoms. The highest BCUT2D eigenvalue weighted by atomic mass is 16.5. The Morgan fingerprint density at radius 1 is 1.50 bits per heavy atom.